The summed E-state index contributed by atoms with van der Waals surface area (Å²) in [6.45, 7) is 1.85. The van der Waals surface area contributed by atoms with Crippen molar-refractivity contribution in [3.8, 4) is 0 Å². The number of aryl methyl sites for hydroxylation is 1. The summed E-state index contributed by atoms with van der Waals surface area (Å²) in [5.74, 6) is 0.625. The molecule has 0 spiro atoms. The quantitative estimate of drug-likeness (QED) is 0.888. The van der Waals surface area contributed by atoms with E-state index in [0.717, 1.165) is 18.5 Å². The lowest BCUT2D eigenvalue weighted by Crippen LogP contribution is -2.32. The topological polar surface area (TPSA) is 66.9 Å². The molecule has 0 aliphatic heterocycles. The number of thiazole rings is 1. The molecule has 2 heterocycles. The van der Waals surface area contributed by atoms with E-state index in [1.54, 1.807) is 18.3 Å². The van der Waals surface area contributed by atoms with Crippen LogP contribution in [0, 0.1) is 6.92 Å². The van der Waals surface area contributed by atoms with Crippen LogP contribution in [0.1, 0.15) is 41.0 Å². The van der Waals surface area contributed by atoms with Crippen LogP contribution in [0.5, 0.6) is 0 Å². The van der Waals surface area contributed by atoms with E-state index in [-0.39, 0.29) is 5.91 Å². The molecule has 0 unspecified atom stereocenters. The molecule has 1 saturated carbocycles. The minimum atomic E-state index is -0.0287. The van der Waals surface area contributed by atoms with Gasteiger partial charge in [-0.15, -0.1) is 0 Å². The van der Waals surface area contributed by atoms with Crippen LogP contribution >= 0.6 is 22.9 Å². The highest BCUT2D eigenvalue weighted by atomic mass is 35.5. The van der Waals surface area contributed by atoms with Crippen molar-refractivity contribution in [1.29, 1.82) is 0 Å². The SMILES string of the molecule is Cc1nc(Nc2ccc(Cl)cn2)sc1C(=O)NC1CCCC1. The first-order valence-corrected chi connectivity index (χ1v) is 8.48. The van der Waals surface area contributed by atoms with Crippen molar-refractivity contribution in [2.75, 3.05) is 5.32 Å². The summed E-state index contributed by atoms with van der Waals surface area (Å²) in [6, 6.07) is 3.84. The third-order valence-corrected chi connectivity index (χ3v) is 4.95. The third-order valence-electron chi connectivity index (χ3n) is 3.66. The molecular formula is C15H17ClN4OS. The third kappa shape index (κ3) is 3.56. The molecule has 7 heteroatoms. The lowest BCUT2D eigenvalue weighted by Gasteiger charge is -2.10. The zero-order valence-electron chi connectivity index (χ0n) is 12.2. The van der Waals surface area contributed by atoms with Crippen molar-refractivity contribution in [3.63, 3.8) is 0 Å². The zero-order chi connectivity index (χ0) is 15.5. The molecule has 22 heavy (non-hydrogen) atoms. The molecule has 1 aliphatic rings. The van der Waals surface area contributed by atoms with Gasteiger partial charge in [0.25, 0.3) is 5.91 Å². The molecule has 2 aromatic rings. The summed E-state index contributed by atoms with van der Waals surface area (Å²) in [7, 11) is 0. The van der Waals surface area contributed by atoms with Crippen molar-refractivity contribution in [3.05, 3.63) is 33.9 Å². The van der Waals surface area contributed by atoms with E-state index < -0.39 is 0 Å². The van der Waals surface area contributed by atoms with Gasteiger partial charge in [0.05, 0.1) is 10.7 Å². The lowest BCUT2D eigenvalue weighted by atomic mass is 10.2. The summed E-state index contributed by atoms with van der Waals surface area (Å²) in [5.41, 5.74) is 0.733. The van der Waals surface area contributed by atoms with Gasteiger partial charge in [0.1, 0.15) is 10.7 Å². The number of amides is 1. The Morgan fingerprint density at radius 2 is 2.14 bits per heavy atom. The molecule has 0 saturated heterocycles. The molecule has 1 fully saturated rings. The monoisotopic (exact) mass is 336 g/mol. The van der Waals surface area contributed by atoms with Crippen molar-refractivity contribution in [1.82, 2.24) is 15.3 Å². The van der Waals surface area contributed by atoms with E-state index in [9.17, 15) is 4.79 Å². The second kappa shape index (κ2) is 6.62. The predicted octanol–water partition coefficient (Wildman–Crippen LogP) is 3.92. The zero-order valence-corrected chi connectivity index (χ0v) is 13.8. The number of rotatable bonds is 4. The van der Waals surface area contributed by atoms with Crippen LogP contribution < -0.4 is 10.6 Å². The first kappa shape index (κ1) is 15.2. The molecule has 5 nitrogen and oxygen atoms in total. The van der Waals surface area contributed by atoms with Crippen LogP contribution in [0.4, 0.5) is 10.9 Å². The number of hydrogen-bond donors (Lipinski definition) is 2. The van der Waals surface area contributed by atoms with Gasteiger partial charge < -0.3 is 10.6 Å². The summed E-state index contributed by atoms with van der Waals surface area (Å²) in [5, 5.41) is 7.43. The fourth-order valence-electron chi connectivity index (χ4n) is 2.54. The van der Waals surface area contributed by atoms with Gasteiger partial charge in [0, 0.05) is 12.2 Å². The summed E-state index contributed by atoms with van der Waals surface area (Å²) < 4.78 is 0. The summed E-state index contributed by atoms with van der Waals surface area (Å²) in [6.07, 6.45) is 6.11. The van der Waals surface area contributed by atoms with Crippen LogP contribution in [-0.4, -0.2) is 21.9 Å². The molecule has 1 amide bonds. The number of nitrogens with zero attached hydrogens (tertiary/aromatic N) is 2. The van der Waals surface area contributed by atoms with Gasteiger partial charge in [-0.05, 0) is 31.9 Å². The highest BCUT2D eigenvalue weighted by Crippen LogP contribution is 2.26. The Bertz CT molecular complexity index is 665. The van der Waals surface area contributed by atoms with E-state index in [2.05, 4.69) is 20.6 Å². The average Bonchev–Trinajstić information content (AvgIpc) is 3.11. The number of pyridine rings is 1. The van der Waals surface area contributed by atoms with E-state index in [0.29, 0.717) is 26.9 Å². The number of carbonyl (C=O) groups excluding carboxylic acids is 1. The van der Waals surface area contributed by atoms with Crippen molar-refractivity contribution in [2.24, 2.45) is 0 Å². The Morgan fingerprint density at radius 3 is 2.82 bits per heavy atom. The van der Waals surface area contributed by atoms with Gasteiger partial charge in [-0.25, -0.2) is 9.97 Å². The lowest BCUT2D eigenvalue weighted by molar-refractivity contribution is 0.0941. The number of nitrogens with one attached hydrogen (secondary N) is 2. The van der Waals surface area contributed by atoms with Gasteiger partial charge in [-0.1, -0.05) is 35.8 Å². The number of hydrogen-bond acceptors (Lipinski definition) is 5. The molecular weight excluding hydrogens is 320 g/mol. The normalized spacial score (nSPS) is 15.0. The van der Waals surface area contributed by atoms with Gasteiger partial charge in [0.2, 0.25) is 0 Å². The molecule has 0 radical (unpaired) electrons. The number of carbonyl (C=O) groups is 1. The van der Waals surface area contributed by atoms with Crippen LogP contribution in [0.2, 0.25) is 5.02 Å². The Kier molecular flexibility index (Phi) is 4.59. The highest BCUT2D eigenvalue weighted by Gasteiger charge is 2.21. The van der Waals surface area contributed by atoms with E-state index in [1.165, 1.54) is 24.2 Å². The Morgan fingerprint density at radius 1 is 1.36 bits per heavy atom. The molecule has 1 aliphatic carbocycles. The summed E-state index contributed by atoms with van der Waals surface area (Å²) in [4.78, 5) is 21.5. The maximum absolute atomic E-state index is 12.3. The standard InChI is InChI=1S/C15H17ClN4OS/c1-9-13(14(21)19-11-4-2-3-5-11)22-15(18-9)20-12-7-6-10(16)8-17-12/h6-8,11H,2-5H2,1H3,(H,19,21)(H,17,18,20). The maximum Gasteiger partial charge on any atom is 0.263 e. The molecule has 2 N–H and O–H groups in total. The Labute approximate surface area is 138 Å². The minimum absolute atomic E-state index is 0.0287. The Balaban J connectivity index is 1.69. The first-order valence-electron chi connectivity index (χ1n) is 7.28. The fourth-order valence-corrected chi connectivity index (χ4v) is 3.53. The molecule has 0 aromatic carbocycles. The van der Waals surface area contributed by atoms with Crippen molar-refractivity contribution >= 4 is 39.8 Å². The minimum Gasteiger partial charge on any atom is -0.349 e. The highest BCUT2D eigenvalue weighted by molar-refractivity contribution is 7.17. The number of anilines is 2. The molecule has 3 rings (SSSR count). The van der Waals surface area contributed by atoms with Gasteiger partial charge in [-0.2, -0.15) is 0 Å². The van der Waals surface area contributed by atoms with Gasteiger partial charge in [-0.3, -0.25) is 4.79 Å². The molecule has 0 bridgehead atoms. The maximum atomic E-state index is 12.3. The first-order chi connectivity index (χ1) is 10.6. The van der Waals surface area contributed by atoms with E-state index >= 15 is 0 Å². The number of aromatic nitrogens is 2. The van der Waals surface area contributed by atoms with Gasteiger partial charge >= 0.3 is 0 Å². The molecule has 2 aromatic heterocycles. The van der Waals surface area contributed by atoms with Gasteiger partial charge in [0.15, 0.2) is 5.13 Å². The second-order valence-corrected chi connectivity index (χ2v) is 6.81. The number of halogens is 1. The Hall–Kier alpha value is -1.66. The largest absolute Gasteiger partial charge is 0.349 e. The second-order valence-electron chi connectivity index (χ2n) is 5.38. The average molecular weight is 337 g/mol. The molecule has 116 valence electrons. The van der Waals surface area contributed by atoms with E-state index in [4.69, 9.17) is 11.6 Å². The van der Waals surface area contributed by atoms with Crippen LogP contribution in [0.3, 0.4) is 0 Å². The fraction of sp³-hybridized carbons (Fsp3) is 0.400. The van der Waals surface area contributed by atoms with Crippen LogP contribution in [0.25, 0.3) is 0 Å². The van der Waals surface area contributed by atoms with Crippen molar-refractivity contribution < 1.29 is 4.79 Å². The smallest absolute Gasteiger partial charge is 0.263 e. The van der Waals surface area contributed by atoms with Crippen LogP contribution in [0.15, 0.2) is 18.3 Å². The predicted molar refractivity (Wildman–Crippen MR) is 89.1 cm³/mol. The summed E-state index contributed by atoms with van der Waals surface area (Å²) >= 11 is 7.15. The van der Waals surface area contributed by atoms with Crippen LogP contribution in [-0.2, 0) is 0 Å². The molecule has 0 atom stereocenters. The van der Waals surface area contributed by atoms with Crippen molar-refractivity contribution in [2.45, 2.75) is 38.6 Å². The van der Waals surface area contributed by atoms with E-state index in [1.807, 2.05) is 6.92 Å².